The monoisotopic (exact) mass is 409 g/mol. The summed E-state index contributed by atoms with van der Waals surface area (Å²) in [5.74, 6) is -0.557. The van der Waals surface area contributed by atoms with Gasteiger partial charge in [-0.05, 0) is 48.9 Å². The Morgan fingerprint density at radius 2 is 1.93 bits per heavy atom. The van der Waals surface area contributed by atoms with Crippen molar-refractivity contribution >= 4 is 23.2 Å². The number of benzene rings is 2. The molecule has 0 aliphatic heterocycles. The zero-order valence-corrected chi connectivity index (χ0v) is 16.1. The number of nitrogens with zero attached hydrogens (tertiary/aromatic N) is 1. The summed E-state index contributed by atoms with van der Waals surface area (Å²) < 4.78 is 10.3. The van der Waals surface area contributed by atoms with Crippen LogP contribution in [0.1, 0.15) is 33.4 Å². The van der Waals surface area contributed by atoms with Gasteiger partial charge in [-0.3, -0.25) is 19.7 Å². The molecule has 0 atom stereocenters. The molecule has 0 unspecified atom stereocenters. The number of amides is 2. The molecule has 1 aromatic heterocycles. The van der Waals surface area contributed by atoms with Gasteiger partial charge in [-0.1, -0.05) is 12.1 Å². The number of hydrogen-bond acceptors (Lipinski definition) is 6. The summed E-state index contributed by atoms with van der Waals surface area (Å²) in [6.45, 7) is 2.17. The summed E-state index contributed by atoms with van der Waals surface area (Å²) in [6.07, 6.45) is 1.41. The van der Waals surface area contributed by atoms with E-state index in [4.69, 9.17) is 9.15 Å². The van der Waals surface area contributed by atoms with E-state index < -0.39 is 10.8 Å². The third kappa shape index (κ3) is 5.02. The molecular formula is C21H19N3O6. The van der Waals surface area contributed by atoms with Crippen LogP contribution in [0, 0.1) is 10.1 Å². The highest BCUT2D eigenvalue weighted by atomic mass is 16.6. The molecule has 0 bridgehead atoms. The van der Waals surface area contributed by atoms with Crippen LogP contribution in [0.4, 0.5) is 11.4 Å². The van der Waals surface area contributed by atoms with Crippen LogP contribution in [-0.4, -0.2) is 23.3 Å². The number of nitro benzene ring substituents is 1. The number of furan rings is 1. The molecule has 9 heteroatoms. The van der Waals surface area contributed by atoms with Gasteiger partial charge >= 0.3 is 5.69 Å². The lowest BCUT2D eigenvalue weighted by molar-refractivity contribution is -0.385. The Balaban J connectivity index is 1.65. The van der Waals surface area contributed by atoms with Crippen LogP contribution in [0.2, 0.25) is 0 Å². The van der Waals surface area contributed by atoms with Crippen molar-refractivity contribution in [1.29, 1.82) is 0 Å². The van der Waals surface area contributed by atoms with Crippen LogP contribution in [0.15, 0.2) is 65.3 Å². The summed E-state index contributed by atoms with van der Waals surface area (Å²) >= 11 is 0. The second-order valence-electron chi connectivity index (χ2n) is 6.19. The molecule has 154 valence electrons. The van der Waals surface area contributed by atoms with Crippen molar-refractivity contribution < 1.29 is 23.7 Å². The van der Waals surface area contributed by atoms with E-state index in [2.05, 4.69) is 10.6 Å². The van der Waals surface area contributed by atoms with Crippen molar-refractivity contribution in [1.82, 2.24) is 5.32 Å². The van der Waals surface area contributed by atoms with Gasteiger partial charge < -0.3 is 19.8 Å². The number of carbonyl (C=O) groups is 2. The first-order valence-corrected chi connectivity index (χ1v) is 9.11. The predicted molar refractivity (Wildman–Crippen MR) is 109 cm³/mol. The van der Waals surface area contributed by atoms with Gasteiger partial charge in [-0.2, -0.15) is 0 Å². The fraction of sp³-hybridized carbons (Fsp3) is 0.143. The largest absolute Gasteiger partial charge is 0.487 e. The summed E-state index contributed by atoms with van der Waals surface area (Å²) in [6, 6.07) is 14.2. The highest BCUT2D eigenvalue weighted by Gasteiger charge is 2.18. The van der Waals surface area contributed by atoms with Crippen molar-refractivity contribution in [2.45, 2.75) is 13.5 Å². The van der Waals surface area contributed by atoms with Crippen LogP contribution < -0.4 is 15.4 Å². The van der Waals surface area contributed by atoms with Crippen molar-refractivity contribution in [3.63, 3.8) is 0 Å². The Hall–Kier alpha value is -4.14. The van der Waals surface area contributed by atoms with E-state index in [1.165, 1.54) is 24.5 Å². The molecule has 3 aromatic rings. The lowest BCUT2D eigenvalue weighted by Crippen LogP contribution is -2.23. The van der Waals surface area contributed by atoms with Gasteiger partial charge in [0.1, 0.15) is 0 Å². The Kier molecular flexibility index (Phi) is 6.43. The number of carbonyl (C=O) groups excluding carboxylic acids is 2. The minimum Gasteiger partial charge on any atom is -0.487 e. The second-order valence-corrected chi connectivity index (χ2v) is 6.19. The lowest BCUT2D eigenvalue weighted by atomic mass is 10.1. The number of hydrogen-bond donors (Lipinski definition) is 2. The summed E-state index contributed by atoms with van der Waals surface area (Å²) in [5.41, 5.74) is 1.15. The minimum atomic E-state index is -0.590. The maximum atomic E-state index is 12.4. The van der Waals surface area contributed by atoms with E-state index in [0.717, 1.165) is 5.56 Å². The average molecular weight is 409 g/mol. The van der Waals surface area contributed by atoms with Gasteiger partial charge in [0, 0.05) is 23.9 Å². The Morgan fingerprint density at radius 1 is 1.10 bits per heavy atom. The lowest BCUT2D eigenvalue weighted by Gasteiger charge is -2.09. The van der Waals surface area contributed by atoms with E-state index in [-0.39, 0.29) is 41.8 Å². The average Bonchev–Trinajstić information content (AvgIpc) is 3.28. The Bertz CT molecular complexity index is 1060. The van der Waals surface area contributed by atoms with Crippen LogP contribution in [0.5, 0.6) is 5.75 Å². The van der Waals surface area contributed by atoms with Gasteiger partial charge in [0.15, 0.2) is 11.5 Å². The number of nitrogens with one attached hydrogen (secondary N) is 2. The van der Waals surface area contributed by atoms with E-state index >= 15 is 0 Å². The molecule has 2 N–H and O–H groups in total. The fourth-order valence-corrected chi connectivity index (χ4v) is 2.72. The molecule has 0 fully saturated rings. The first-order valence-electron chi connectivity index (χ1n) is 9.11. The van der Waals surface area contributed by atoms with E-state index in [0.29, 0.717) is 5.69 Å². The first-order chi connectivity index (χ1) is 14.5. The molecule has 0 saturated carbocycles. The van der Waals surface area contributed by atoms with Gasteiger partial charge in [-0.15, -0.1) is 0 Å². The Morgan fingerprint density at radius 3 is 2.63 bits per heavy atom. The van der Waals surface area contributed by atoms with Crippen molar-refractivity contribution in [3.8, 4) is 5.75 Å². The normalized spacial score (nSPS) is 10.3. The maximum absolute atomic E-state index is 12.4. The van der Waals surface area contributed by atoms with Gasteiger partial charge in [0.2, 0.25) is 0 Å². The minimum absolute atomic E-state index is 0.110. The molecule has 1 heterocycles. The molecule has 0 radical (unpaired) electrons. The second kappa shape index (κ2) is 9.37. The summed E-state index contributed by atoms with van der Waals surface area (Å²) in [5, 5.41) is 16.6. The van der Waals surface area contributed by atoms with E-state index in [9.17, 15) is 19.7 Å². The first kappa shape index (κ1) is 20.6. The van der Waals surface area contributed by atoms with Crippen molar-refractivity contribution in [2.75, 3.05) is 11.9 Å². The highest BCUT2D eigenvalue weighted by molar-refractivity contribution is 6.02. The van der Waals surface area contributed by atoms with Crippen LogP contribution >= 0.6 is 0 Å². The molecule has 30 heavy (non-hydrogen) atoms. The summed E-state index contributed by atoms with van der Waals surface area (Å²) in [7, 11) is 0. The smallest absolute Gasteiger partial charge is 0.311 e. The highest BCUT2D eigenvalue weighted by Crippen LogP contribution is 2.28. The SMILES string of the molecule is CCOc1ccc(C(=O)NCc2cccc(NC(=O)c3ccco3)c2)cc1[N+](=O)[O-]. The fourth-order valence-electron chi connectivity index (χ4n) is 2.72. The summed E-state index contributed by atoms with van der Waals surface area (Å²) in [4.78, 5) is 35.1. The third-order valence-electron chi connectivity index (χ3n) is 4.10. The zero-order valence-electron chi connectivity index (χ0n) is 16.1. The number of rotatable bonds is 8. The van der Waals surface area contributed by atoms with Crippen LogP contribution in [0.3, 0.4) is 0 Å². The van der Waals surface area contributed by atoms with Gasteiger partial charge in [0.25, 0.3) is 11.8 Å². The molecule has 0 saturated heterocycles. The van der Waals surface area contributed by atoms with Gasteiger partial charge in [0.05, 0.1) is 17.8 Å². The maximum Gasteiger partial charge on any atom is 0.311 e. The molecule has 3 rings (SSSR count). The molecule has 0 aliphatic carbocycles. The molecule has 9 nitrogen and oxygen atoms in total. The molecule has 2 amide bonds. The standard InChI is InChI=1S/C21H19N3O6/c1-2-29-18-9-8-15(12-17(18)24(27)28)20(25)22-13-14-5-3-6-16(11-14)23-21(26)19-7-4-10-30-19/h3-12H,2,13H2,1H3,(H,22,25)(H,23,26). The topological polar surface area (TPSA) is 124 Å². The predicted octanol–water partition coefficient (Wildman–Crippen LogP) is 3.77. The van der Waals surface area contributed by atoms with Gasteiger partial charge in [-0.25, -0.2) is 0 Å². The van der Waals surface area contributed by atoms with E-state index in [1.807, 2.05) is 0 Å². The zero-order chi connectivity index (χ0) is 21.5. The van der Waals surface area contributed by atoms with Crippen molar-refractivity contribution in [3.05, 3.63) is 87.9 Å². The van der Waals surface area contributed by atoms with Crippen LogP contribution in [0.25, 0.3) is 0 Å². The molecule has 0 aliphatic rings. The Labute approximate surface area is 171 Å². The molecule has 0 spiro atoms. The number of anilines is 1. The number of ether oxygens (including phenoxy) is 1. The third-order valence-corrected chi connectivity index (χ3v) is 4.10. The van der Waals surface area contributed by atoms with Crippen molar-refractivity contribution in [2.24, 2.45) is 0 Å². The van der Waals surface area contributed by atoms with Crippen LogP contribution in [-0.2, 0) is 6.54 Å². The number of nitro groups is 1. The quantitative estimate of drug-likeness (QED) is 0.431. The molecule has 2 aromatic carbocycles. The van der Waals surface area contributed by atoms with E-state index in [1.54, 1.807) is 43.3 Å². The molecular weight excluding hydrogens is 390 g/mol.